The number of nitrogens with one attached hydrogen (secondary N) is 1. The van der Waals surface area contributed by atoms with Gasteiger partial charge in [0.1, 0.15) is 5.60 Å². The molecule has 5 nitrogen and oxygen atoms in total. The van der Waals surface area contributed by atoms with Crippen LogP contribution in [0.2, 0.25) is 0 Å². The van der Waals surface area contributed by atoms with Gasteiger partial charge in [0.25, 0.3) is 0 Å². The van der Waals surface area contributed by atoms with E-state index in [4.69, 9.17) is 10.5 Å². The van der Waals surface area contributed by atoms with Crippen LogP contribution < -0.4 is 11.1 Å². The number of alkyl carbamates (subject to hydrolysis) is 1. The number of allylic oxidation sites excluding steroid dienone is 1. The molecule has 0 spiro atoms. The maximum absolute atomic E-state index is 11.3. The fraction of sp³-hybridized carbons (Fsp3) is 0.636. The topological polar surface area (TPSA) is 81.4 Å². The molecule has 2 amide bonds. The van der Waals surface area contributed by atoms with Crippen LogP contribution in [0.3, 0.4) is 0 Å². The van der Waals surface area contributed by atoms with E-state index in [0.29, 0.717) is 5.57 Å². The van der Waals surface area contributed by atoms with Gasteiger partial charge in [0.15, 0.2) is 0 Å². The first-order chi connectivity index (χ1) is 7.13. The minimum atomic E-state index is -0.562. The van der Waals surface area contributed by atoms with E-state index in [1.165, 1.54) is 0 Å². The lowest BCUT2D eigenvalue weighted by Gasteiger charge is -2.20. The summed E-state index contributed by atoms with van der Waals surface area (Å²) >= 11 is 0. The van der Waals surface area contributed by atoms with E-state index in [0.717, 1.165) is 5.57 Å². The summed E-state index contributed by atoms with van der Waals surface area (Å²) in [7, 11) is 0. The van der Waals surface area contributed by atoms with E-state index >= 15 is 0 Å². The highest BCUT2D eigenvalue weighted by Crippen LogP contribution is 2.07. The van der Waals surface area contributed by atoms with Crippen molar-refractivity contribution < 1.29 is 14.3 Å². The zero-order chi connectivity index (χ0) is 12.9. The second-order valence-electron chi connectivity index (χ2n) is 4.70. The van der Waals surface area contributed by atoms with Crippen molar-refractivity contribution >= 4 is 12.0 Å². The molecule has 0 bridgehead atoms. The summed E-state index contributed by atoms with van der Waals surface area (Å²) in [5, 5.41) is 2.48. The van der Waals surface area contributed by atoms with Crippen LogP contribution in [0.15, 0.2) is 11.1 Å². The largest absolute Gasteiger partial charge is 0.444 e. The molecule has 0 atom stereocenters. The van der Waals surface area contributed by atoms with Crippen LogP contribution in [-0.2, 0) is 9.53 Å². The number of hydrogen-bond donors (Lipinski definition) is 2. The lowest BCUT2D eigenvalue weighted by molar-refractivity contribution is -0.114. The molecule has 0 heterocycles. The van der Waals surface area contributed by atoms with E-state index < -0.39 is 17.6 Å². The summed E-state index contributed by atoms with van der Waals surface area (Å²) in [4.78, 5) is 22.3. The maximum Gasteiger partial charge on any atom is 0.407 e. The summed E-state index contributed by atoms with van der Waals surface area (Å²) in [6.07, 6.45) is -0.562. The first-order valence-electron chi connectivity index (χ1n) is 5.06. The molecular formula is C11H20N2O3. The molecule has 0 fully saturated rings. The Morgan fingerprint density at radius 2 is 1.75 bits per heavy atom. The molecule has 0 radical (unpaired) electrons. The molecule has 3 N–H and O–H groups in total. The summed E-state index contributed by atoms with van der Waals surface area (Å²) in [5.74, 6) is -0.531. The second kappa shape index (κ2) is 5.53. The number of carbonyl (C=O) groups excluding carboxylic acids is 2. The maximum atomic E-state index is 11.3. The molecule has 0 aliphatic carbocycles. The Bertz CT molecular complexity index is 310. The Morgan fingerprint density at radius 3 is 2.06 bits per heavy atom. The number of amides is 2. The van der Waals surface area contributed by atoms with E-state index in [1.54, 1.807) is 34.6 Å². The van der Waals surface area contributed by atoms with Gasteiger partial charge in [-0.1, -0.05) is 5.57 Å². The number of ether oxygens (including phenoxy) is 1. The fourth-order valence-corrected chi connectivity index (χ4v) is 0.985. The first kappa shape index (κ1) is 14.5. The predicted octanol–water partition coefficient (Wildman–Crippen LogP) is 1.33. The highest BCUT2D eigenvalue weighted by Gasteiger charge is 2.17. The Balaban J connectivity index is 4.30. The van der Waals surface area contributed by atoms with Crippen LogP contribution >= 0.6 is 0 Å². The van der Waals surface area contributed by atoms with Crippen LogP contribution in [-0.4, -0.2) is 24.1 Å². The monoisotopic (exact) mass is 228 g/mol. The number of nitrogens with two attached hydrogens (primary N) is 1. The van der Waals surface area contributed by atoms with Crippen molar-refractivity contribution in [2.75, 3.05) is 6.54 Å². The van der Waals surface area contributed by atoms with Crippen molar-refractivity contribution in [3.05, 3.63) is 11.1 Å². The van der Waals surface area contributed by atoms with Gasteiger partial charge in [-0.15, -0.1) is 0 Å². The molecular weight excluding hydrogens is 208 g/mol. The van der Waals surface area contributed by atoms with Crippen molar-refractivity contribution in [3.8, 4) is 0 Å². The molecule has 0 saturated heterocycles. The zero-order valence-corrected chi connectivity index (χ0v) is 10.5. The molecule has 0 rings (SSSR count). The van der Waals surface area contributed by atoms with Crippen molar-refractivity contribution in [1.29, 1.82) is 0 Å². The van der Waals surface area contributed by atoms with Crippen LogP contribution in [0.5, 0.6) is 0 Å². The van der Waals surface area contributed by atoms with E-state index in [2.05, 4.69) is 5.32 Å². The number of hydrogen-bond acceptors (Lipinski definition) is 3. The average molecular weight is 228 g/mol. The molecule has 0 aliphatic heterocycles. The molecule has 5 heteroatoms. The number of rotatable bonds is 3. The van der Waals surface area contributed by atoms with E-state index in [9.17, 15) is 9.59 Å². The highest BCUT2D eigenvalue weighted by atomic mass is 16.6. The van der Waals surface area contributed by atoms with Gasteiger partial charge in [0, 0.05) is 5.57 Å². The SMILES string of the molecule is CC(C)=C(CNC(=O)OC(C)(C)C)C(N)=O. The van der Waals surface area contributed by atoms with Crippen LogP contribution in [0.4, 0.5) is 4.79 Å². The highest BCUT2D eigenvalue weighted by molar-refractivity contribution is 5.93. The zero-order valence-electron chi connectivity index (χ0n) is 10.5. The van der Waals surface area contributed by atoms with Crippen molar-refractivity contribution in [2.45, 2.75) is 40.2 Å². The Kier molecular flexibility index (Phi) is 5.01. The summed E-state index contributed by atoms with van der Waals surface area (Å²) in [5.41, 5.74) is 5.78. The van der Waals surface area contributed by atoms with Gasteiger partial charge in [0.2, 0.25) is 5.91 Å². The second-order valence-corrected chi connectivity index (χ2v) is 4.70. The van der Waals surface area contributed by atoms with Gasteiger partial charge < -0.3 is 15.8 Å². The van der Waals surface area contributed by atoms with Gasteiger partial charge in [-0.25, -0.2) is 4.79 Å². The van der Waals surface area contributed by atoms with Gasteiger partial charge in [-0.2, -0.15) is 0 Å². The van der Waals surface area contributed by atoms with Crippen molar-refractivity contribution in [3.63, 3.8) is 0 Å². The molecule has 0 aliphatic rings. The molecule has 0 aromatic carbocycles. The van der Waals surface area contributed by atoms with Crippen LogP contribution in [0.1, 0.15) is 34.6 Å². The summed E-state index contributed by atoms with van der Waals surface area (Å²) in [6.45, 7) is 8.91. The Labute approximate surface area is 96.0 Å². The van der Waals surface area contributed by atoms with Gasteiger partial charge in [0.05, 0.1) is 6.54 Å². The van der Waals surface area contributed by atoms with Crippen molar-refractivity contribution in [2.24, 2.45) is 5.73 Å². The quantitative estimate of drug-likeness (QED) is 0.715. The third kappa shape index (κ3) is 6.06. The molecule has 92 valence electrons. The van der Waals surface area contributed by atoms with Gasteiger partial charge in [-0.3, -0.25) is 4.79 Å². The Hall–Kier alpha value is -1.52. The first-order valence-corrected chi connectivity index (χ1v) is 5.06. The normalized spacial score (nSPS) is 10.6. The molecule has 16 heavy (non-hydrogen) atoms. The lowest BCUT2D eigenvalue weighted by Crippen LogP contribution is -2.35. The Morgan fingerprint density at radius 1 is 1.25 bits per heavy atom. The molecule has 0 saturated carbocycles. The number of primary amides is 1. The minimum absolute atomic E-state index is 0.0899. The smallest absolute Gasteiger partial charge is 0.407 e. The standard InChI is InChI=1S/C11H20N2O3/c1-7(2)8(9(12)14)6-13-10(15)16-11(3,4)5/h6H2,1-5H3,(H2,12,14)(H,13,15). The van der Waals surface area contributed by atoms with E-state index in [-0.39, 0.29) is 6.54 Å². The third-order valence-electron chi connectivity index (χ3n) is 1.71. The van der Waals surface area contributed by atoms with Crippen molar-refractivity contribution in [1.82, 2.24) is 5.32 Å². The minimum Gasteiger partial charge on any atom is -0.444 e. The lowest BCUT2D eigenvalue weighted by atomic mass is 10.1. The summed E-state index contributed by atoms with van der Waals surface area (Å²) in [6, 6.07) is 0. The van der Waals surface area contributed by atoms with Gasteiger partial charge in [-0.05, 0) is 34.6 Å². The van der Waals surface area contributed by atoms with Gasteiger partial charge >= 0.3 is 6.09 Å². The average Bonchev–Trinajstić information content (AvgIpc) is 1.98. The molecule has 0 aromatic heterocycles. The summed E-state index contributed by atoms with van der Waals surface area (Å²) < 4.78 is 5.02. The third-order valence-corrected chi connectivity index (χ3v) is 1.71. The molecule has 0 unspecified atom stereocenters. The van der Waals surface area contributed by atoms with Crippen LogP contribution in [0, 0.1) is 0 Å². The molecule has 0 aromatic rings. The predicted molar refractivity (Wildman–Crippen MR) is 61.8 cm³/mol. The number of carbonyl (C=O) groups is 2. The fourth-order valence-electron chi connectivity index (χ4n) is 0.985. The van der Waals surface area contributed by atoms with E-state index in [1.807, 2.05) is 0 Å². The van der Waals surface area contributed by atoms with Crippen LogP contribution in [0.25, 0.3) is 0 Å².